The van der Waals surface area contributed by atoms with E-state index in [9.17, 15) is 4.79 Å². The lowest BCUT2D eigenvalue weighted by molar-refractivity contribution is 0.0938. The highest BCUT2D eigenvalue weighted by Crippen LogP contribution is 2.13. The molecule has 0 fully saturated rings. The van der Waals surface area contributed by atoms with Crippen LogP contribution in [-0.2, 0) is 0 Å². The summed E-state index contributed by atoms with van der Waals surface area (Å²) in [4.78, 5) is 16.0. The minimum atomic E-state index is -0.290. The maximum absolute atomic E-state index is 12.2. The zero-order valence-electron chi connectivity index (χ0n) is 11.2. The van der Waals surface area contributed by atoms with Crippen molar-refractivity contribution in [2.75, 3.05) is 0 Å². The van der Waals surface area contributed by atoms with Crippen LogP contribution in [-0.4, -0.2) is 25.5 Å². The zero-order valence-corrected chi connectivity index (χ0v) is 11.9. The summed E-state index contributed by atoms with van der Waals surface area (Å²) >= 11 is 5.79. The molecule has 0 aliphatic carbocycles. The molecule has 3 rings (SSSR count). The van der Waals surface area contributed by atoms with Gasteiger partial charge in [0.05, 0.1) is 6.04 Å². The van der Waals surface area contributed by atoms with Crippen molar-refractivity contribution in [2.24, 2.45) is 0 Å². The predicted molar refractivity (Wildman–Crippen MR) is 78.1 cm³/mol. The van der Waals surface area contributed by atoms with E-state index in [1.54, 1.807) is 6.07 Å². The summed E-state index contributed by atoms with van der Waals surface area (Å²) in [5.41, 5.74) is 1.19. The third kappa shape index (κ3) is 2.71. The Morgan fingerprint density at radius 2 is 2.19 bits per heavy atom. The Morgan fingerprint density at radius 1 is 1.33 bits per heavy atom. The number of rotatable bonds is 3. The number of amides is 1. The molecule has 106 valence electrons. The lowest BCUT2D eigenvalue weighted by atomic mass is 10.2. The molecular formula is C14H12ClN5O. The van der Waals surface area contributed by atoms with Crippen LogP contribution >= 0.6 is 11.6 Å². The number of hydrogen-bond donors (Lipinski definition) is 1. The van der Waals surface area contributed by atoms with Gasteiger partial charge < -0.3 is 5.32 Å². The van der Waals surface area contributed by atoms with Gasteiger partial charge in [-0.1, -0.05) is 17.7 Å². The lowest BCUT2D eigenvalue weighted by Gasteiger charge is -2.12. The molecule has 0 unspecified atom stereocenters. The number of fused-ring (bicyclic) bond motifs is 1. The fourth-order valence-corrected chi connectivity index (χ4v) is 2.22. The van der Waals surface area contributed by atoms with E-state index in [0.717, 1.165) is 5.65 Å². The third-order valence-corrected chi connectivity index (χ3v) is 3.27. The molecule has 3 aromatic heterocycles. The van der Waals surface area contributed by atoms with E-state index < -0.39 is 0 Å². The molecule has 1 N–H and O–H groups in total. The van der Waals surface area contributed by atoms with Crippen molar-refractivity contribution in [3.05, 3.63) is 59.3 Å². The van der Waals surface area contributed by atoms with Gasteiger partial charge in [0.1, 0.15) is 5.15 Å². The van der Waals surface area contributed by atoms with Gasteiger partial charge in [-0.25, -0.2) is 4.98 Å². The summed E-state index contributed by atoms with van der Waals surface area (Å²) in [5.74, 6) is 0.429. The number of carbonyl (C=O) groups excluding carboxylic acids is 1. The Morgan fingerprint density at radius 3 is 3.00 bits per heavy atom. The molecule has 0 aliphatic heterocycles. The number of nitrogens with one attached hydrogen (secondary N) is 1. The van der Waals surface area contributed by atoms with Gasteiger partial charge in [0, 0.05) is 18.0 Å². The first kappa shape index (κ1) is 13.5. The maximum atomic E-state index is 12.2. The fraction of sp³-hybridized carbons (Fsp3) is 0.143. The molecule has 0 aliphatic rings. The van der Waals surface area contributed by atoms with Crippen LogP contribution in [0.4, 0.5) is 0 Å². The number of halogens is 1. The first-order valence-corrected chi connectivity index (χ1v) is 6.75. The third-order valence-electron chi connectivity index (χ3n) is 3.06. The summed E-state index contributed by atoms with van der Waals surface area (Å²) in [6.07, 6.45) is 3.35. The maximum Gasteiger partial charge on any atom is 0.252 e. The topological polar surface area (TPSA) is 72.2 Å². The first-order valence-electron chi connectivity index (χ1n) is 6.37. The molecule has 0 saturated carbocycles. The second kappa shape index (κ2) is 5.49. The van der Waals surface area contributed by atoms with E-state index in [1.807, 2.05) is 35.7 Å². The van der Waals surface area contributed by atoms with Crippen LogP contribution in [0.1, 0.15) is 29.1 Å². The zero-order chi connectivity index (χ0) is 14.8. The van der Waals surface area contributed by atoms with Crippen LogP contribution in [0.5, 0.6) is 0 Å². The highest BCUT2D eigenvalue weighted by Gasteiger charge is 2.16. The Balaban J connectivity index is 1.83. The van der Waals surface area contributed by atoms with E-state index in [-0.39, 0.29) is 17.1 Å². The quantitative estimate of drug-likeness (QED) is 0.753. The van der Waals surface area contributed by atoms with Gasteiger partial charge in [-0.15, -0.1) is 10.2 Å². The van der Waals surface area contributed by atoms with Gasteiger partial charge in [0.15, 0.2) is 11.5 Å². The van der Waals surface area contributed by atoms with Crippen LogP contribution in [0.25, 0.3) is 5.65 Å². The molecule has 6 nitrogen and oxygen atoms in total. The standard InChI is InChI=1S/C14H12ClN5O/c1-9(13-19-18-12-4-2-3-7-20(12)13)17-14(21)10-5-6-16-11(15)8-10/h2-9H,1H3,(H,17,21)/t9-/m1/s1. The van der Waals surface area contributed by atoms with Crippen molar-refractivity contribution < 1.29 is 4.79 Å². The Hall–Kier alpha value is -2.47. The number of aromatic nitrogens is 4. The van der Waals surface area contributed by atoms with Crippen LogP contribution in [0, 0.1) is 0 Å². The van der Waals surface area contributed by atoms with E-state index in [0.29, 0.717) is 11.4 Å². The van der Waals surface area contributed by atoms with Crippen molar-refractivity contribution in [1.29, 1.82) is 0 Å². The van der Waals surface area contributed by atoms with Crippen molar-refractivity contribution in [3.8, 4) is 0 Å². The number of nitrogens with zero attached hydrogens (tertiary/aromatic N) is 4. The molecule has 0 spiro atoms. The largest absolute Gasteiger partial charge is 0.342 e. The van der Waals surface area contributed by atoms with Crippen LogP contribution in [0.3, 0.4) is 0 Å². The number of carbonyl (C=O) groups is 1. The smallest absolute Gasteiger partial charge is 0.252 e. The second-order valence-electron chi connectivity index (χ2n) is 4.55. The van der Waals surface area contributed by atoms with Gasteiger partial charge >= 0.3 is 0 Å². The van der Waals surface area contributed by atoms with E-state index in [1.165, 1.54) is 12.3 Å². The second-order valence-corrected chi connectivity index (χ2v) is 4.94. The van der Waals surface area contributed by atoms with Crippen molar-refractivity contribution in [3.63, 3.8) is 0 Å². The Kier molecular flexibility index (Phi) is 3.53. The molecule has 0 saturated heterocycles. The van der Waals surface area contributed by atoms with Crippen molar-refractivity contribution in [2.45, 2.75) is 13.0 Å². The van der Waals surface area contributed by atoms with Crippen LogP contribution in [0.15, 0.2) is 42.7 Å². The molecule has 0 aromatic carbocycles. The highest BCUT2D eigenvalue weighted by atomic mass is 35.5. The molecule has 1 atom stereocenters. The lowest BCUT2D eigenvalue weighted by Crippen LogP contribution is -2.28. The van der Waals surface area contributed by atoms with E-state index >= 15 is 0 Å². The predicted octanol–water partition coefficient (Wildman–Crippen LogP) is 2.27. The summed E-state index contributed by atoms with van der Waals surface area (Å²) < 4.78 is 1.84. The average Bonchev–Trinajstić information content (AvgIpc) is 2.91. The van der Waals surface area contributed by atoms with Crippen molar-refractivity contribution >= 4 is 23.2 Å². The Bertz CT molecular complexity index is 801. The minimum absolute atomic E-state index is 0.237. The molecule has 7 heteroatoms. The summed E-state index contributed by atoms with van der Waals surface area (Å²) in [5, 5.41) is 11.3. The number of hydrogen-bond acceptors (Lipinski definition) is 4. The SMILES string of the molecule is C[C@@H](NC(=O)c1ccnc(Cl)c1)c1nnc2ccccn12. The molecule has 0 radical (unpaired) electrons. The Labute approximate surface area is 125 Å². The van der Waals surface area contributed by atoms with Gasteiger partial charge in [0.25, 0.3) is 5.91 Å². The van der Waals surface area contributed by atoms with Crippen LogP contribution in [0.2, 0.25) is 5.15 Å². The summed E-state index contributed by atoms with van der Waals surface area (Å²) in [7, 11) is 0. The highest BCUT2D eigenvalue weighted by molar-refractivity contribution is 6.29. The van der Waals surface area contributed by atoms with Gasteiger partial charge in [-0.05, 0) is 31.2 Å². The monoisotopic (exact) mass is 301 g/mol. The fourth-order valence-electron chi connectivity index (χ4n) is 2.04. The summed E-state index contributed by atoms with van der Waals surface area (Å²) in [6, 6.07) is 8.46. The molecule has 1 amide bonds. The van der Waals surface area contributed by atoms with Crippen molar-refractivity contribution in [1.82, 2.24) is 24.9 Å². The molecule has 0 bridgehead atoms. The minimum Gasteiger partial charge on any atom is -0.342 e. The summed E-state index contributed by atoms with van der Waals surface area (Å²) in [6.45, 7) is 1.85. The molecular weight excluding hydrogens is 290 g/mol. The average molecular weight is 302 g/mol. The van der Waals surface area contributed by atoms with E-state index in [2.05, 4.69) is 20.5 Å². The van der Waals surface area contributed by atoms with Gasteiger partial charge in [-0.3, -0.25) is 9.20 Å². The van der Waals surface area contributed by atoms with E-state index in [4.69, 9.17) is 11.6 Å². The normalized spacial score (nSPS) is 12.3. The number of pyridine rings is 2. The molecule has 3 heterocycles. The molecule has 21 heavy (non-hydrogen) atoms. The van der Waals surface area contributed by atoms with Gasteiger partial charge in [-0.2, -0.15) is 0 Å². The van der Waals surface area contributed by atoms with Crippen LogP contribution < -0.4 is 5.32 Å². The first-order chi connectivity index (χ1) is 10.1. The van der Waals surface area contributed by atoms with Gasteiger partial charge in [0.2, 0.25) is 0 Å². The molecule has 3 aromatic rings.